The van der Waals surface area contributed by atoms with Gasteiger partial charge in [0.2, 0.25) is 0 Å². The molecule has 0 aromatic heterocycles. The molecule has 1 aromatic rings. The van der Waals surface area contributed by atoms with Crippen LogP contribution in [0.4, 0.5) is 5.69 Å². The lowest BCUT2D eigenvalue weighted by molar-refractivity contribution is 0.120. The Bertz CT molecular complexity index is 446. The van der Waals surface area contributed by atoms with Crippen LogP contribution in [0.15, 0.2) is 18.2 Å². The Morgan fingerprint density at radius 1 is 1.29 bits per heavy atom. The maximum Gasteiger partial charge on any atom is 0.101 e. The summed E-state index contributed by atoms with van der Waals surface area (Å²) in [4.78, 5) is 0. The maximum absolute atomic E-state index is 9.00. The second-order valence-electron chi connectivity index (χ2n) is 3.97. The normalized spacial score (nSPS) is 18.4. The van der Waals surface area contributed by atoms with E-state index < -0.39 is 0 Å². The van der Waals surface area contributed by atoms with Crippen LogP contribution in [0.2, 0.25) is 0 Å². The van der Waals surface area contributed by atoms with Gasteiger partial charge in [-0.15, -0.1) is 0 Å². The number of para-hydroxylation sites is 1. The van der Waals surface area contributed by atoms with Crippen molar-refractivity contribution >= 4 is 5.69 Å². The molecule has 86 valence electrons. The Hall–Kier alpha value is -2.04. The van der Waals surface area contributed by atoms with Crippen LogP contribution >= 0.6 is 0 Å². The van der Waals surface area contributed by atoms with E-state index in [0.29, 0.717) is 23.4 Å². The van der Waals surface area contributed by atoms with E-state index in [2.05, 4.69) is 17.5 Å². The topological polar surface area (TPSA) is 68.8 Å². The highest BCUT2D eigenvalue weighted by Crippen LogP contribution is 2.21. The van der Waals surface area contributed by atoms with Crippen LogP contribution in [0, 0.1) is 22.7 Å². The van der Waals surface area contributed by atoms with E-state index >= 15 is 0 Å². The first-order chi connectivity index (χ1) is 8.35. The fraction of sp³-hybridized carbons (Fsp3) is 0.385. The zero-order chi connectivity index (χ0) is 12.1. The summed E-state index contributed by atoms with van der Waals surface area (Å²) in [6.45, 7) is 1.45. The molecule has 0 radical (unpaired) electrons. The average Bonchev–Trinajstić information content (AvgIpc) is 2.88. The van der Waals surface area contributed by atoms with E-state index in [1.54, 1.807) is 18.2 Å². The Labute approximate surface area is 100 Å². The van der Waals surface area contributed by atoms with Crippen LogP contribution in [0.25, 0.3) is 0 Å². The van der Waals surface area contributed by atoms with Crippen LogP contribution < -0.4 is 5.32 Å². The molecular weight excluding hydrogens is 214 g/mol. The quantitative estimate of drug-likeness (QED) is 0.857. The summed E-state index contributed by atoms with van der Waals surface area (Å²) >= 11 is 0. The van der Waals surface area contributed by atoms with Crippen molar-refractivity contribution in [1.82, 2.24) is 0 Å². The van der Waals surface area contributed by atoms with Crippen LogP contribution in [-0.4, -0.2) is 19.3 Å². The molecule has 0 aliphatic carbocycles. The summed E-state index contributed by atoms with van der Waals surface area (Å²) in [6, 6.07) is 9.31. The van der Waals surface area contributed by atoms with E-state index in [1.807, 2.05) is 0 Å². The number of anilines is 1. The highest BCUT2D eigenvalue weighted by molar-refractivity contribution is 5.66. The molecule has 0 spiro atoms. The summed E-state index contributed by atoms with van der Waals surface area (Å²) in [7, 11) is 0. The number of benzene rings is 1. The Morgan fingerprint density at radius 3 is 2.53 bits per heavy atom. The molecule has 0 unspecified atom stereocenters. The summed E-state index contributed by atoms with van der Waals surface area (Å²) in [5.74, 6) is 0. The van der Waals surface area contributed by atoms with E-state index in [-0.39, 0.29) is 6.10 Å². The van der Waals surface area contributed by atoms with Gasteiger partial charge in [0.1, 0.15) is 12.1 Å². The molecule has 1 aliphatic rings. The lowest BCUT2D eigenvalue weighted by Crippen LogP contribution is -2.19. The van der Waals surface area contributed by atoms with E-state index in [4.69, 9.17) is 15.3 Å². The van der Waals surface area contributed by atoms with Gasteiger partial charge >= 0.3 is 0 Å². The number of hydrogen-bond donors (Lipinski definition) is 1. The standard InChI is InChI=1S/C13H13N3O/c14-7-10-3-1-4-11(8-15)13(10)16-9-12-5-2-6-17-12/h1,3-4,12,16H,2,5-6,9H2/t12-/m0/s1. The summed E-state index contributed by atoms with van der Waals surface area (Å²) in [6.07, 6.45) is 2.30. The first-order valence-electron chi connectivity index (χ1n) is 5.64. The van der Waals surface area contributed by atoms with Gasteiger partial charge in [0.15, 0.2) is 0 Å². The molecule has 4 heteroatoms. The van der Waals surface area contributed by atoms with Crippen molar-refractivity contribution in [1.29, 1.82) is 10.5 Å². The molecular formula is C13H13N3O. The van der Waals surface area contributed by atoms with E-state index in [1.165, 1.54) is 0 Å². The van der Waals surface area contributed by atoms with Gasteiger partial charge in [-0.05, 0) is 25.0 Å². The molecule has 1 saturated heterocycles. The zero-order valence-electron chi connectivity index (χ0n) is 9.44. The van der Waals surface area contributed by atoms with Gasteiger partial charge in [-0.1, -0.05) is 6.07 Å². The smallest absolute Gasteiger partial charge is 0.101 e. The maximum atomic E-state index is 9.00. The van der Waals surface area contributed by atoms with E-state index in [0.717, 1.165) is 19.4 Å². The Balaban J connectivity index is 2.13. The van der Waals surface area contributed by atoms with Crippen molar-refractivity contribution in [3.63, 3.8) is 0 Å². The third-order valence-corrected chi connectivity index (χ3v) is 2.84. The highest BCUT2D eigenvalue weighted by atomic mass is 16.5. The first-order valence-corrected chi connectivity index (χ1v) is 5.64. The predicted octanol–water partition coefficient (Wildman–Crippen LogP) is 2.02. The molecule has 1 aliphatic heterocycles. The van der Waals surface area contributed by atoms with Gasteiger partial charge in [0.25, 0.3) is 0 Å². The molecule has 0 bridgehead atoms. The predicted molar refractivity (Wildman–Crippen MR) is 63.3 cm³/mol. The molecule has 1 atom stereocenters. The summed E-state index contributed by atoms with van der Waals surface area (Å²) in [5, 5.41) is 21.2. The second-order valence-corrected chi connectivity index (χ2v) is 3.97. The Kier molecular flexibility index (Phi) is 3.59. The van der Waals surface area contributed by atoms with Crippen molar-refractivity contribution < 1.29 is 4.74 Å². The van der Waals surface area contributed by atoms with Crippen molar-refractivity contribution in [3.05, 3.63) is 29.3 Å². The van der Waals surface area contributed by atoms with E-state index in [9.17, 15) is 0 Å². The number of hydrogen-bond acceptors (Lipinski definition) is 4. The first kappa shape index (κ1) is 11.4. The molecule has 1 aromatic carbocycles. The number of nitrogens with one attached hydrogen (secondary N) is 1. The monoisotopic (exact) mass is 227 g/mol. The molecule has 0 amide bonds. The third-order valence-electron chi connectivity index (χ3n) is 2.84. The largest absolute Gasteiger partial charge is 0.380 e. The molecule has 17 heavy (non-hydrogen) atoms. The van der Waals surface area contributed by atoms with Crippen molar-refractivity contribution in [3.8, 4) is 12.1 Å². The van der Waals surface area contributed by atoms with Gasteiger partial charge in [-0.2, -0.15) is 10.5 Å². The van der Waals surface area contributed by atoms with Gasteiger partial charge in [-0.3, -0.25) is 0 Å². The zero-order valence-corrected chi connectivity index (χ0v) is 9.44. The summed E-state index contributed by atoms with van der Waals surface area (Å²) < 4.78 is 5.49. The molecule has 1 heterocycles. The van der Waals surface area contributed by atoms with Crippen LogP contribution in [0.5, 0.6) is 0 Å². The number of rotatable bonds is 3. The van der Waals surface area contributed by atoms with Crippen LogP contribution in [0.3, 0.4) is 0 Å². The van der Waals surface area contributed by atoms with Crippen molar-refractivity contribution in [2.45, 2.75) is 18.9 Å². The van der Waals surface area contributed by atoms with Gasteiger partial charge in [-0.25, -0.2) is 0 Å². The number of nitrogens with zero attached hydrogens (tertiary/aromatic N) is 2. The molecule has 1 fully saturated rings. The van der Waals surface area contributed by atoms with Crippen LogP contribution in [-0.2, 0) is 4.74 Å². The SMILES string of the molecule is N#Cc1cccc(C#N)c1NC[C@@H]1CCCO1. The Morgan fingerprint density at radius 2 is 2.00 bits per heavy atom. The number of nitriles is 2. The molecule has 2 rings (SSSR count). The fourth-order valence-electron chi connectivity index (χ4n) is 1.95. The lowest BCUT2D eigenvalue weighted by Gasteiger charge is -2.13. The van der Waals surface area contributed by atoms with Crippen molar-refractivity contribution in [2.24, 2.45) is 0 Å². The van der Waals surface area contributed by atoms with Crippen LogP contribution in [0.1, 0.15) is 24.0 Å². The average molecular weight is 227 g/mol. The minimum Gasteiger partial charge on any atom is -0.380 e. The highest BCUT2D eigenvalue weighted by Gasteiger charge is 2.16. The third kappa shape index (κ3) is 2.55. The van der Waals surface area contributed by atoms with Gasteiger partial charge < -0.3 is 10.1 Å². The second kappa shape index (κ2) is 5.34. The molecule has 4 nitrogen and oxygen atoms in total. The fourth-order valence-corrected chi connectivity index (χ4v) is 1.95. The molecule has 0 saturated carbocycles. The van der Waals surface area contributed by atoms with Gasteiger partial charge in [0.05, 0.1) is 22.9 Å². The lowest BCUT2D eigenvalue weighted by atomic mass is 10.1. The van der Waals surface area contributed by atoms with Crippen molar-refractivity contribution in [2.75, 3.05) is 18.5 Å². The summed E-state index contributed by atoms with van der Waals surface area (Å²) in [5.41, 5.74) is 1.62. The minimum atomic E-state index is 0.188. The minimum absolute atomic E-state index is 0.188. The molecule has 1 N–H and O–H groups in total. The van der Waals surface area contributed by atoms with Gasteiger partial charge in [0, 0.05) is 13.2 Å². The number of ether oxygens (including phenoxy) is 1.